The van der Waals surface area contributed by atoms with E-state index in [-0.39, 0.29) is 18.6 Å². The molecule has 0 saturated carbocycles. The van der Waals surface area contributed by atoms with Crippen molar-refractivity contribution in [1.82, 2.24) is 10.7 Å². The molecular weight excluding hydrogens is 410 g/mol. The van der Waals surface area contributed by atoms with Crippen LogP contribution >= 0.6 is 0 Å². The SMILES string of the molecule is CCCCOc1ccc(C=NNC(=O)C(NC(=O)c2ccc3c(c2)OCO3)C(C)C)cc1. The largest absolute Gasteiger partial charge is 0.494 e. The highest BCUT2D eigenvalue weighted by Crippen LogP contribution is 2.32. The molecule has 1 unspecified atom stereocenters. The van der Waals surface area contributed by atoms with Gasteiger partial charge in [0.05, 0.1) is 12.8 Å². The van der Waals surface area contributed by atoms with Crippen LogP contribution in [0.25, 0.3) is 0 Å². The Labute approximate surface area is 187 Å². The van der Waals surface area contributed by atoms with Crippen molar-refractivity contribution in [2.45, 2.75) is 39.7 Å². The van der Waals surface area contributed by atoms with Crippen LogP contribution in [-0.2, 0) is 4.79 Å². The lowest BCUT2D eigenvalue weighted by Gasteiger charge is -2.20. The van der Waals surface area contributed by atoms with Crippen molar-refractivity contribution in [2.75, 3.05) is 13.4 Å². The third-order valence-corrected chi connectivity index (χ3v) is 4.91. The van der Waals surface area contributed by atoms with Gasteiger partial charge in [-0.3, -0.25) is 9.59 Å². The molecule has 1 aliphatic heterocycles. The summed E-state index contributed by atoms with van der Waals surface area (Å²) >= 11 is 0. The van der Waals surface area contributed by atoms with Crippen molar-refractivity contribution in [1.29, 1.82) is 0 Å². The van der Waals surface area contributed by atoms with Gasteiger partial charge in [0.25, 0.3) is 11.8 Å². The van der Waals surface area contributed by atoms with Crippen molar-refractivity contribution in [3.8, 4) is 17.2 Å². The predicted molar refractivity (Wildman–Crippen MR) is 121 cm³/mol. The minimum absolute atomic E-state index is 0.129. The van der Waals surface area contributed by atoms with Crippen molar-refractivity contribution in [2.24, 2.45) is 11.0 Å². The van der Waals surface area contributed by atoms with Gasteiger partial charge < -0.3 is 19.5 Å². The second-order valence-corrected chi connectivity index (χ2v) is 7.77. The predicted octanol–water partition coefficient (Wildman–Crippen LogP) is 3.50. The number of nitrogens with zero attached hydrogens (tertiary/aromatic N) is 1. The quantitative estimate of drug-likeness (QED) is 0.335. The number of hydrazone groups is 1. The Bertz CT molecular complexity index is 957. The molecule has 0 fully saturated rings. The van der Waals surface area contributed by atoms with Gasteiger partial charge in [0, 0.05) is 5.56 Å². The number of nitrogens with one attached hydrogen (secondary N) is 2. The number of hydrogen-bond acceptors (Lipinski definition) is 6. The molecule has 8 heteroatoms. The highest BCUT2D eigenvalue weighted by molar-refractivity contribution is 5.98. The zero-order valence-corrected chi connectivity index (χ0v) is 18.6. The molecule has 2 aromatic rings. The normalized spacial score (nSPS) is 13.2. The van der Waals surface area contributed by atoms with Crippen LogP contribution in [0.5, 0.6) is 17.2 Å². The Morgan fingerprint density at radius 3 is 2.59 bits per heavy atom. The molecule has 0 radical (unpaired) electrons. The Kier molecular flexibility index (Phi) is 8.08. The molecule has 1 aliphatic rings. The zero-order valence-electron chi connectivity index (χ0n) is 18.6. The average molecular weight is 440 g/mol. The van der Waals surface area contributed by atoms with Gasteiger partial charge >= 0.3 is 0 Å². The number of carbonyl (C=O) groups excluding carboxylic acids is 2. The smallest absolute Gasteiger partial charge is 0.262 e. The topological polar surface area (TPSA) is 98.2 Å². The van der Waals surface area contributed by atoms with Crippen LogP contribution in [0, 0.1) is 5.92 Å². The van der Waals surface area contributed by atoms with E-state index in [4.69, 9.17) is 14.2 Å². The lowest BCUT2D eigenvalue weighted by atomic mass is 10.0. The number of amides is 2. The highest BCUT2D eigenvalue weighted by Gasteiger charge is 2.25. The van der Waals surface area contributed by atoms with Gasteiger partial charge in [-0.05, 0) is 60.4 Å². The Morgan fingerprint density at radius 2 is 1.88 bits per heavy atom. The van der Waals surface area contributed by atoms with Crippen LogP contribution in [0.2, 0.25) is 0 Å². The van der Waals surface area contributed by atoms with Crippen LogP contribution in [0.4, 0.5) is 0 Å². The number of ether oxygens (including phenoxy) is 3. The summed E-state index contributed by atoms with van der Waals surface area (Å²) < 4.78 is 16.2. The summed E-state index contributed by atoms with van der Waals surface area (Å²) in [5, 5.41) is 6.79. The van der Waals surface area contributed by atoms with E-state index in [0.29, 0.717) is 23.7 Å². The van der Waals surface area contributed by atoms with E-state index in [2.05, 4.69) is 22.8 Å². The number of rotatable bonds is 10. The van der Waals surface area contributed by atoms with Crippen LogP contribution in [-0.4, -0.2) is 37.5 Å². The van der Waals surface area contributed by atoms with Crippen LogP contribution in [0.1, 0.15) is 49.5 Å². The van der Waals surface area contributed by atoms with Gasteiger partial charge in [-0.2, -0.15) is 5.10 Å². The number of hydrogen-bond donors (Lipinski definition) is 2. The summed E-state index contributed by atoms with van der Waals surface area (Å²) in [6.07, 6.45) is 3.64. The van der Waals surface area contributed by atoms with E-state index in [1.54, 1.807) is 24.4 Å². The minimum atomic E-state index is -0.751. The maximum absolute atomic E-state index is 12.6. The Balaban J connectivity index is 1.55. The Hall–Kier alpha value is -3.55. The fourth-order valence-electron chi connectivity index (χ4n) is 3.02. The molecule has 1 heterocycles. The van der Waals surface area contributed by atoms with Gasteiger partial charge in [0.15, 0.2) is 11.5 Å². The molecule has 170 valence electrons. The number of carbonyl (C=O) groups is 2. The van der Waals surface area contributed by atoms with Crippen molar-refractivity contribution in [3.63, 3.8) is 0 Å². The second kappa shape index (κ2) is 11.2. The lowest BCUT2D eigenvalue weighted by molar-refractivity contribution is -0.123. The van der Waals surface area contributed by atoms with Gasteiger partial charge in [-0.1, -0.05) is 27.2 Å². The summed E-state index contributed by atoms with van der Waals surface area (Å²) in [6, 6.07) is 11.6. The van der Waals surface area contributed by atoms with Gasteiger partial charge in [0.1, 0.15) is 11.8 Å². The van der Waals surface area contributed by atoms with E-state index in [9.17, 15) is 9.59 Å². The molecule has 2 aromatic carbocycles. The summed E-state index contributed by atoms with van der Waals surface area (Å²) in [6.45, 7) is 6.64. The number of unbranched alkanes of at least 4 members (excludes halogenated alkanes) is 1. The molecule has 0 bridgehead atoms. The van der Waals surface area contributed by atoms with E-state index >= 15 is 0 Å². The molecule has 2 N–H and O–H groups in total. The molecule has 0 saturated heterocycles. The van der Waals surface area contributed by atoms with Crippen molar-refractivity contribution in [3.05, 3.63) is 53.6 Å². The lowest BCUT2D eigenvalue weighted by Crippen LogP contribution is -2.48. The first kappa shape index (κ1) is 23.1. The van der Waals surface area contributed by atoms with E-state index in [1.165, 1.54) is 0 Å². The monoisotopic (exact) mass is 439 g/mol. The fraction of sp³-hybridized carbons (Fsp3) is 0.375. The molecule has 0 spiro atoms. The molecule has 0 aromatic heterocycles. The first-order valence-electron chi connectivity index (χ1n) is 10.7. The third-order valence-electron chi connectivity index (χ3n) is 4.91. The van der Waals surface area contributed by atoms with Crippen molar-refractivity contribution < 1.29 is 23.8 Å². The van der Waals surface area contributed by atoms with Gasteiger partial charge in [-0.25, -0.2) is 5.43 Å². The molecule has 1 atom stereocenters. The van der Waals surface area contributed by atoms with E-state index < -0.39 is 11.9 Å². The maximum Gasteiger partial charge on any atom is 0.262 e. The summed E-state index contributed by atoms with van der Waals surface area (Å²) in [5.41, 5.74) is 3.71. The number of fused-ring (bicyclic) bond motifs is 1. The standard InChI is InChI=1S/C24H29N3O5/c1-4-5-12-30-19-9-6-17(7-10-19)14-25-27-24(29)22(16(2)3)26-23(28)18-8-11-20-21(13-18)32-15-31-20/h6-11,13-14,16,22H,4-5,12,15H2,1-3H3,(H,26,28)(H,27,29). The number of benzene rings is 2. The molecule has 0 aliphatic carbocycles. The molecular formula is C24H29N3O5. The summed E-state index contributed by atoms with van der Waals surface area (Å²) in [5.74, 6) is 0.988. The minimum Gasteiger partial charge on any atom is -0.494 e. The molecule has 32 heavy (non-hydrogen) atoms. The van der Waals surface area contributed by atoms with Crippen LogP contribution in [0.3, 0.4) is 0 Å². The Morgan fingerprint density at radius 1 is 1.12 bits per heavy atom. The molecule has 2 amide bonds. The average Bonchev–Trinajstić information content (AvgIpc) is 3.26. The van der Waals surface area contributed by atoms with Crippen LogP contribution in [0.15, 0.2) is 47.6 Å². The zero-order chi connectivity index (χ0) is 22.9. The summed E-state index contributed by atoms with van der Waals surface area (Å²) in [4.78, 5) is 25.3. The third kappa shape index (κ3) is 6.23. The fourth-order valence-corrected chi connectivity index (χ4v) is 3.02. The highest BCUT2D eigenvalue weighted by atomic mass is 16.7. The molecule has 3 rings (SSSR count). The van der Waals surface area contributed by atoms with E-state index in [1.807, 2.05) is 38.1 Å². The van der Waals surface area contributed by atoms with Crippen molar-refractivity contribution >= 4 is 18.0 Å². The van der Waals surface area contributed by atoms with Crippen LogP contribution < -0.4 is 25.0 Å². The maximum atomic E-state index is 12.6. The van der Waals surface area contributed by atoms with Gasteiger partial charge in [-0.15, -0.1) is 0 Å². The summed E-state index contributed by atoms with van der Waals surface area (Å²) in [7, 11) is 0. The first-order valence-corrected chi connectivity index (χ1v) is 10.7. The molecule has 8 nitrogen and oxygen atoms in total. The first-order chi connectivity index (χ1) is 15.5. The van der Waals surface area contributed by atoms with E-state index in [0.717, 1.165) is 24.2 Å². The van der Waals surface area contributed by atoms with Gasteiger partial charge in [0.2, 0.25) is 6.79 Å². The second-order valence-electron chi connectivity index (χ2n) is 7.77.